The van der Waals surface area contributed by atoms with Gasteiger partial charge in [-0.2, -0.15) is 0 Å². The molecule has 2 atom stereocenters. The molecule has 1 amide bonds. The zero-order chi connectivity index (χ0) is 15.7. The highest BCUT2D eigenvalue weighted by Crippen LogP contribution is 2.36. The molecule has 1 fully saturated rings. The molecule has 0 aliphatic heterocycles. The standard InChI is InChI=1S/C14H18N2O3/c1-19-13(18)14(7-8-14)16-12(17)11(15)9-10-5-3-2-4-6-10/h2-6,11H,7-9,15H2,1H3,(H,16,17)/t11-/m0/s1/i7D2/t11-,14+. The smallest absolute Gasteiger partial charge is 0.331 e. The third-order valence-corrected chi connectivity index (χ3v) is 3.04. The highest BCUT2D eigenvalue weighted by Gasteiger charge is 2.52. The first kappa shape index (κ1) is 11.0. The number of carbonyl (C=O) groups is 2. The zero-order valence-corrected chi connectivity index (χ0v) is 10.7. The van der Waals surface area contributed by atoms with Gasteiger partial charge in [-0.15, -0.1) is 0 Å². The van der Waals surface area contributed by atoms with Gasteiger partial charge in [0.05, 0.1) is 13.2 Å². The van der Waals surface area contributed by atoms with E-state index in [2.05, 4.69) is 10.1 Å². The fourth-order valence-corrected chi connectivity index (χ4v) is 1.81. The van der Waals surface area contributed by atoms with Gasteiger partial charge in [0.15, 0.2) is 0 Å². The van der Waals surface area contributed by atoms with E-state index in [0.29, 0.717) is 6.42 Å². The Morgan fingerprint density at radius 1 is 1.53 bits per heavy atom. The van der Waals surface area contributed by atoms with Crippen LogP contribution >= 0.6 is 0 Å². The summed E-state index contributed by atoms with van der Waals surface area (Å²) in [5.74, 6) is -1.35. The van der Waals surface area contributed by atoms with Gasteiger partial charge in [-0.3, -0.25) is 4.79 Å². The van der Waals surface area contributed by atoms with Crippen molar-refractivity contribution >= 4 is 11.9 Å². The molecule has 0 bridgehead atoms. The maximum Gasteiger partial charge on any atom is 0.331 e. The first-order chi connectivity index (χ1) is 9.82. The van der Waals surface area contributed by atoms with E-state index in [4.69, 9.17) is 8.48 Å². The summed E-state index contributed by atoms with van der Waals surface area (Å²) in [7, 11) is 1.16. The van der Waals surface area contributed by atoms with Crippen LogP contribution in [-0.2, 0) is 20.7 Å². The second-order valence-electron chi connectivity index (χ2n) is 4.54. The lowest BCUT2D eigenvalue weighted by molar-refractivity contribution is -0.146. The first-order valence-corrected chi connectivity index (χ1v) is 6.02. The number of nitrogens with one attached hydrogen (secondary N) is 1. The fourth-order valence-electron chi connectivity index (χ4n) is 1.81. The van der Waals surface area contributed by atoms with Crippen LogP contribution in [0.3, 0.4) is 0 Å². The van der Waals surface area contributed by atoms with Crippen molar-refractivity contribution in [2.45, 2.75) is 30.8 Å². The summed E-state index contributed by atoms with van der Waals surface area (Å²) in [6.45, 7) is 0. The van der Waals surface area contributed by atoms with Gasteiger partial charge in [0.2, 0.25) is 5.91 Å². The molecule has 5 nitrogen and oxygen atoms in total. The lowest BCUT2D eigenvalue weighted by Crippen LogP contribution is -2.51. The van der Waals surface area contributed by atoms with Crippen LogP contribution in [0, 0.1) is 0 Å². The van der Waals surface area contributed by atoms with Crippen molar-refractivity contribution in [3.8, 4) is 0 Å². The number of hydrogen-bond donors (Lipinski definition) is 2. The summed E-state index contributed by atoms with van der Waals surface area (Å²) in [5.41, 5.74) is 5.12. The molecule has 5 heteroatoms. The van der Waals surface area contributed by atoms with E-state index in [0.717, 1.165) is 12.7 Å². The normalized spacial score (nSPS) is 26.6. The number of methoxy groups -OCH3 is 1. The highest BCUT2D eigenvalue weighted by atomic mass is 16.5. The van der Waals surface area contributed by atoms with Crippen LogP contribution in [0.1, 0.15) is 21.1 Å². The molecule has 0 saturated heterocycles. The highest BCUT2D eigenvalue weighted by molar-refractivity contribution is 5.92. The van der Waals surface area contributed by atoms with Gasteiger partial charge in [-0.05, 0) is 24.8 Å². The van der Waals surface area contributed by atoms with Crippen LogP contribution in [0.4, 0.5) is 0 Å². The number of nitrogens with two attached hydrogens (primary N) is 1. The van der Waals surface area contributed by atoms with Crippen LogP contribution in [0.2, 0.25) is 0 Å². The Labute approximate surface area is 114 Å². The van der Waals surface area contributed by atoms with E-state index < -0.39 is 29.8 Å². The maximum absolute atomic E-state index is 12.1. The molecule has 0 aromatic heterocycles. The monoisotopic (exact) mass is 264 g/mol. The molecule has 0 spiro atoms. The summed E-state index contributed by atoms with van der Waals surface area (Å²) in [5, 5.41) is 2.41. The molecule has 1 aromatic carbocycles. The number of carbonyl (C=O) groups excluding carboxylic acids is 2. The Kier molecular flexibility index (Phi) is 3.12. The second-order valence-corrected chi connectivity index (χ2v) is 4.54. The molecule has 1 aliphatic rings. The molecular weight excluding hydrogens is 244 g/mol. The Morgan fingerprint density at radius 2 is 2.16 bits per heavy atom. The van der Waals surface area contributed by atoms with Crippen molar-refractivity contribution in [3.63, 3.8) is 0 Å². The summed E-state index contributed by atoms with van der Waals surface area (Å²) in [6, 6.07) is 8.38. The van der Waals surface area contributed by atoms with Gasteiger partial charge in [-0.25, -0.2) is 4.79 Å². The lowest BCUT2D eigenvalue weighted by atomic mass is 10.1. The van der Waals surface area contributed by atoms with Gasteiger partial charge in [0, 0.05) is 2.74 Å². The van der Waals surface area contributed by atoms with E-state index in [1.165, 1.54) is 0 Å². The van der Waals surface area contributed by atoms with Crippen molar-refractivity contribution in [3.05, 3.63) is 35.9 Å². The number of rotatable bonds is 5. The maximum atomic E-state index is 12.1. The third-order valence-electron chi connectivity index (χ3n) is 3.04. The second kappa shape index (κ2) is 5.40. The minimum absolute atomic E-state index is 0.101. The first-order valence-electron chi connectivity index (χ1n) is 7.02. The summed E-state index contributed by atoms with van der Waals surface area (Å²) < 4.78 is 19.9. The Morgan fingerprint density at radius 3 is 2.68 bits per heavy atom. The van der Waals surface area contributed by atoms with Crippen molar-refractivity contribution in [1.29, 1.82) is 0 Å². The van der Waals surface area contributed by atoms with E-state index >= 15 is 0 Å². The number of esters is 1. The molecule has 102 valence electrons. The molecule has 19 heavy (non-hydrogen) atoms. The molecule has 1 aliphatic carbocycles. The van der Waals surface area contributed by atoms with E-state index in [-0.39, 0.29) is 6.42 Å². The van der Waals surface area contributed by atoms with Crippen LogP contribution in [0.5, 0.6) is 0 Å². The number of ether oxygens (including phenoxy) is 1. The quantitative estimate of drug-likeness (QED) is 0.753. The molecule has 0 unspecified atom stereocenters. The van der Waals surface area contributed by atoms with Gasteiger partial charge in [-0.1, -0.05) is 30.3 Å². The minimum atomic E-state index is -1.80. The zero-order valence-electron chi connectivity index (χ0n) is 12.7. The number of amides is 1. The van der Waals surface area contributed by atoms with Crippen LogP contribution in [0.25, 0.3) is 0 Å². The van der Waals surface area contributed by atoms with E-state index in [1.54, 1.807) is 0 Å². The van der Waals surface area contributed by atoms with E-state index in [9.17, 15) is 9.59 Å². The van der Waals surface area contributed by atoms with Gasteiger partial charge >= 0.3 is 5.97 Å². The summed E-state index contributed by atoms with van der Waals surface area (Å²) >= 11 is 0. The average Bonchev–Trinajstić information content (AvgIpc) is 3.01. The number of hydrogen-bond acceptors (Lipinski definition) is 4. The summed E-state index contributed by atoms with van der Waals surface area (Å²) in [6.07, 6.45) is -1.59. The lowest BCUT2D eigenvalue weighted by Gasteiger charge is -2.18. The summed E-state index contributed by atoms with van der Waals surface area (Å²) in [4.78, 5) is 23.8. The molecular formula is C14H18N2O3. The molecule has 1 aromatic rings. The Balaban J connectivity index is 2.02. The molecule has 1 saturated carbocycles. The average molecular weight is 264 g/mol. The fraction of sp³-hybridized carbons (Fsp3) is 0.429. The Bertz CT molecular complexity index is 550. The van der Waals surface area contributed by atoms with Crippen LogP contribution < -0.4 is 11.1 Å². The predicted octanol–water partition coefficient (Wildman–Crippen LogP) is 0.378. The third kappa shape index (κ3) is 3.12. The molecule has 0 radical (unpaired) electrons. The molecule has 0 heterocycles. The van der Waals surface area contributed by atoms with Gasteiger partial charge in [0.25, 0.3) is 0 Å². The largest absolute Gasteiger partial charge is 0.467 e. The van der Waals surface area contributed by atoms with Crippen LogP contribution in [-0.4, -0.2) is 30.6 Å². The Hall–Kier alpha value is -1.88. The van der Waals surface area contributed by atoms with Crippen molar-refractivity contribution in [2.75, 3.05) is 7.11 Å². The molecule has 2 rings (SSSR count). The van der Waals surface area contributed by atoms with Gasteiger partial charge < -0.3 is 15.8 Å². The number of benzene rings is 1. The van der Waals surface area contributed by atoms with Gasteiger partial charge in [0.1, 0.15) is 5.54 Å². The van der Waals surface area contributed by atoms with E-state index in [1.807, 2.05) is 30.3 Å². The van der Waals surface area contributed by atoms with Crippen molar-refractivity contribution < 1.29 is 17.1 Å². The SMILES string of the molecule is [2H]C1([2H])C[C@@]1(NC(=O)[C@@H](N)Cc1ccccc1)C(=O)OC. The molecule has 3 N–H and O–H groups in total. The predicted molar refractivity (Wildman–Crippen MR) is 70.2 cm³/mol. The van der Waals surface area contributed by atoms with Crippen molar-refractivity contribution in [1.82, 2.24) is 5.32 Å². The topological polar surface area (TPSA) is 81.4 Å². The minimum Gasteiger partial charge on any atom is -0.467 e. The van der Waals surface area contributed by atoms with Crippen molar-refractivity contribution in [2.24, 2.45) is 5.73 Å². The van der Waals surface area contributed by atoms with Crippen LogP contribution in [0.15, 0.2) is 30.3 Å².